The van der Waals surface area contributed by atoms with Crippen LogP contribution in [0.4, 0.5) is 5.69 Å². The molecule has 0 spiro atoms. The van der Waals surface area contributed by atoms with Crippen molar-refractivity contribution in [2.24, 2.45) is 5.92 Å². The molecule has 3 nitrogen and oxygen atoms in total. The largest absolute Gasteiger partial charge is 0.393 e. The fraction of sp³-hybridized carbons (Fsp3) is 0.444. The third-order valence-corrected chi connectivity index (χ3v) is 4.38. The van der Waals surface area contributed by atoms with Gasteiger partial charge in [0.25, 0.3) is 0 Å². The van der Waals surface area contributed by atoms with Crippen LogP contribution >= 0.6 is 0 Å². The van der Waals surface area contributed by atoms with Crippen LogP contribution in [0, 0.1) is 5.92 Å². The summed E-state index contributed by atoms with van der Waals surface area (Å²) in [5.41, 5.74) is 1.24. The predicted molar refractivity (Wildman–Crippen MR) is 86.8 cm³/mol. The number of rotatable bonds is 4. The van der Waals surface area contributed by atoms with Gasteiger partial charge in [-0.25, -0.2) is 0 Å². The monoisotopic (exact) mass is 285 g/mol. The molecule has 0 saturated carbocycles. The Morgan fingerprint density at radius 1 is 1.19 bits per heavy atom. The quantitative estimate of drug-likeness (QED) is 0.937. The molecule has 2 aromatic rings. The lowest BCUT2D eigenvalue weighted by Gasteiger charge is -2.34. The van der Waals surface area contributed by atoms with Crippen molar-refractivity contribution < 1.29 is 9.84 Å². The molecule has 112 valence electrons. The minimum Gasteiger partial charge on any atom is -0.393 e. The van der Waals surface area contributed by atoms with E-state index < -0.39 is 0 Å². The van der Waals surface area contributed by atoms with E-state index in [0.717, 1.165) is 19.5 Å². The van der Waals surface area contributed by atoms with Crippen LogP contribution in [0.2, 0.25) is 0 Å². The molecule has 21 heavy (non-hydrogen) atoms. The van der Waals surface area contributed by atoms with Crippen molar-refractivity contribution in [3.05, 3.63) is 42.5 Å². The van der Waals surface area contributed by atoms with Gasteiger partial charge < -0.3 is 14.7 Å². The van der Waals surface area contributed by atoms with Crippen LogP contribution in [0.1, 0.15) is 13.3 Å². The van der Waals surface area contributed by atoms with E-state index in [1.165, 1.54) is 16.5 Å². The van der Waals surface area contributed by atoms with E-state index in [0.29, 0.717) is 13.2 Å². The molecule has 1 heterocycles. The highest BCUT2D eigenvalue weighted by molar-refractivity contribution is 5.94. The van der Waals surface area contributed by atoms with Crippen LogP contribution in [-0.4, -0.2) is 37.5 Å². The summed E-state index contributed by atoms with van der Waals surface area (Å²) in [5.74, 6) is 0.192. The molecule has 0 aromatic heterocycles. The zero-order chi connectivity index (χ0) is 14.7. The van der Waals surface area contributed by atoms with E-state index in [9.17, 15) is 5.11 Å². The van der Waals surface area contributed by atoms with Gasteiger partial charge in [-0.05, 0) is 24.8 Å². The fourth-order valence-electron chi connectivity index (χ4n) is 3.12. The van der Waals surface area contributed by atoms with Gasteiger partial charge in [0.2, 0.25) is 0 Å². The highest BCUT2D eigenvalue weighted by Gasteiger charge is 2.26. The molecule has 1 saturated heterocycles. The van der Waals surface area contributed by atoms with Crippen molar-refractivity contribution in [1.29, 1.82) is 0 Å². The molecule has 1 N–H and O–H groups in total. The molecule has 3 heteroatoms. The first kappa shape index (κ1) is 14.4. The summed E-state index contributed by atoms with van der Waals surface area (Å²) in [6, 6.07) is 14.9. The smallest absolute Gasteiger partial charge is 0.0629 e. The maximum atomic E-state index is 10.2. The number of fused-ring (bicyclic) bond motifs is 1. The Morgan fingerprint density at radius 3 is 2.81 bits per heavy atom. The fourth-order valence-corrected chi connectivity index (χ4v) is 3.12. The number of hydrogen-bond donors (Lipinski definition) is 1. The summed E-state index contributed by atoms with van der Waals surface area (Å²) >= 11 is 0. The van der Waals surface area contributed by atoms with Crippen LogP contribution < -0.4 is 4.90 Å². The zero-order valence-corrected chi connectivity index (χ0v) is 12.5. The van der Waals surface area contributed by atoms with Crippen LogP contribution in [-0.2, 0) is 4.74 Å². The Hall–Kier alpha value is -1.58. The van der Waals surface area contributed by atoms with Gasteiger partial charge in [0.1, 0.15) is 0 Å². The van der Waals surface area contributed by atoms with Gasteiger partial charge in [0.05, 0.1) is 12.7 Å². The Labute approximate surface area is 126 Å². The average molecular weight is 285 g/mol. The minimum absolute atomic E-state index is 0.192. The molecular weight excluding hydrogens is 262 g/mol. The lowest BCUT2D eigenvalue weighted by molar-refractivity contribution is -0.0322. The highest BCUT2D eigenvalue weighted by atomic mass is 16.5. The number of anilines is 1. The van der Waals surface area contributed by atoms with E-state index in [-0.39, 0.29) is 12.0 Å². The lowest BCUT2D eigenvalue weighted by Crippen LogP contribution is -2.41. The Morgan fingerprint density at radius 2 is 2.00 bits per heavy atom. The van der Waals surface area contributed by atoms with Crippen LogP contribution in [0.15, 0.2) is 42.5 Å². The van der Waals surface area contributed by atoms with Gasteiger partial charge in [-0.1, -0.05) is 36.4 Å². The van der Waals surface area contributed by atoms with E-state index >= 15 is 0 Å². The van der Waals surface area contributed by atoms with Crippen molar-refractivity contribution in [1.82, 2.24) is 0 Å². The molecule has 2 unspecified atom stereocenters. The summed E-state index contributed by atoms with van der Waals surface area (Å²) in [6.07, 6.45) is 0.500. The Kier molecular flexibility index (Phi) is 4.42. The molecule has 0 aliphatic carbocycles. The lowest BCUT2D eigenvalue weighted by atomic mass is 9.97. The zero-order valence-electron chi connectivity index (χ0n) is 12.5. The topological polar surface area (TPSA) is 32.7 Å². The van der Waals surface area contributed by atoms with Gasteiger partial charge in [-0.15, -0.1) is 0 Å². The van der Waals surface area contributed by atoms with Gasteiger partial charge >= 0.3 is 0 Å². The molecule has 0 amide bonds. The van der Waals surface area contributed by atoms with E-state index in [4.69, 9.17) is 4.74 Å². The molecule has 2 aromatic carbocycles. The summed E-state index contributed by atoms with van der Waals surface area (Å²) in [5, 5.41) is 12.7. The number of ether oxygens (including phenoxy) is 1. The second-order valence-corrected chi connectivity index (χ2v) is 5.73. The van der Waals surface area contributed by atoms with E-state index in [1.54, 1.807) is 0 Å². The van der Waals surface area contributed by atoms with Gasteiger partial charge in [-0.3, -0.25) is 0 Å². The second kappa shape index (κ2) is 6.46. The van der Waals surface area contributed by atoms with Gasteiger partial charge in [0.15, 0.2) is 0 Å². The Balaban J connectivity index is 1.87. The number of aliphatic hydroxyl groups excluding tert-OH is 1. The maximum absolute atomic E-state index is 10.2. The molecule has 1 aliphatic heterocycles. The first-order valence-corrected chi connectivity index (χ1v) is 7.78. The van der Waals surface area contributed by atoms with Crippen molar-refractivity contribution in [3.8, 4) is 0 Å². The third-order valence-electron chi connectivity index (χ3n) is 4.38. The second-order valence-electron chi connectivity index (χ2n) is 5.73. The molecular formula is C18H23NO2. The normalized spacial score (nSPS) is 22.4. The first-order valence-electron chi connectivity index (χ1n) is 7.78. The van der Waals surface area contributed by atoms with E-state index in [1.807, 2.05) is 0 Å². The summed E-state index contributed by atoms with van der Waals surface area (Å²) in [6.45, 7) is 5.27. The third kappa shape index (κ3) is 3.04. The number of benzene rings is 2. The number of nitrogens with zero attached hydrogens (tertiary/aromatic N) is 1. The highest BCUT2D eigenvalue weighted by Crippen LogP contribution is 2.28. The molecule has 3 rings (SSSR count). The molecule has 2 atom stereocenters. The average Bonchev–Trinajstić information content (AvgIpc) is 2.54. The predicted octanol–water partition coefficient (Wildman–Crippen LogP) is 3.06. The van der Waals surface area contributed by atoms with Gasteiger partial charge in [0, 0.05) is 36.7 Å². The summed E-state index contributed by atoms with van der Waals surface area (Å²) in [7, 11) is 0. The van der Waals surface area contributed by atoms with Crippen molar-refractivity contribution >= 4 is 16.5 Å². The van der Waals surface area contributed by atoms with Crippen LogP contribution in [0.25, 0.3) is 10.8 Å². The molecule has 1 aliphatic rings. The first-order chi connectivity index (χ1) is 10.3. The van der Waals surface area contributed by atoms with Crippen molar-refractivity contribution in [2.45, 2.75) is 19.4 Å². The Bertz CT molecular complexity index is 593. The maximum Gasteiger partial charge on any atom is 0.0629 e. The molecule has 0 radical (unpaired) electrons. The molecule has 1 fully saturated rings. The molecule has 0 bridgehead atoms. The SMILES string of the molecule is CCN(CC1COCCC1O)c1cccc2ccccc12. The van der Waals surface area contributed by atoms with Crippen molar-refractivity contribution in [3.63, 3.8) is 0 Å². The number of hydrogen-bond acceptors (Lipinski definition) is 3. The van der Waals surface area contributed by atoms with Gasteiger partial charge in [-0.2, -0.15) is 0 Å². The summed E-state index contributed by atoms with van der Waals surface area (Å²) < 4.78 is 5.53. The summed E-state index contributed by atoms with van der Waals surface area (Å²) in [4.78, 5) is 2.35. The van der Waals surface area contributed by atoms with Crippen LogP contribution in [0.3, 0.4) is 0 Å². The minimum atomic E-state index is -0.247. The van der Waals surface area contributed by atoms with Crippen LogP contribution in [0.5, 0.6) is 0 Å². The number of aliphatic hydroxyl groups is 1. The van der Waals surface area contributed by atoms with Crippen molar-refractivity contribution in [2.75, 3.05) is 31.2 Å². The standard InChI is InChI=1S/C18H23NO2/c1-2-19(12-15-13-21-11-10-18(15)20)17-9-5-7-14-6-3-4-8-16(14)17/h3-9,15,18,20H,2,10-13H2,1H3. The van der Waals surface area contributed by atoms with E-state index in [2.05, 4.69) is 54.3 Å².